The van der Waals surface area contributed by atoms with Crippen LogP contribution in [0.4, 0.5) is 0 Å². The summed E-state index contributed by atoms with van der Waals surface area (Å²) in [6, 6.07) is 0. The van der Waals surface area contributed by atoms with E-state index >= 15 is 0 Å². The molecule has 0 aliphatic heterocycles. The van der Waals surface area contributed by atoms with Gasteiger partial charge in [0.1, 0.15) is 0 Å². The van der Waals surface area contributed by atoms with E-state index in [0.29, 0.717) is 12.4 Å². The van der Waals surface area contributed by atoms with Gasteiger partial charge < -0.3 is 9.47 Å². The first-order valence-corrected chi connectivity index (χ1v) is 7.69. The van der Waals surface area contributed by atoms with Crippen LogP contribution in [-0.2, 0) is 9.47 Å². The molecule has 2 nitrogen and oxygen atoms in total. The van der Waals surface area contributed by atoms with Crippen LogP contribution in [0, 0.1) is 0 Å². The van der Waals surface area contributed by atoms with Crippen molar-refractivity contribution in [2.75, 3.05) is 32.3 Å². The van der Waals surface area contributed by atoms with E-state index < -0.39 is 0 Å². The maximum Gasteiger partial charge on any atom is 0.0928 e. The van der Waals surface area contributed by atoms with Gasteiger partial charge in [-0.05, 0) is 12.2 Å². The van der Waals surface area contributed by atoms with Crippen LogP contribution in [-0.4, -0.2) is 48.4 Å². The lowest BCUT2D eigenvalue weighted by atomic mass is 10.1. The molecule has 0 aliphatic rings. The lowest BCUT2D eigenvalue weighted by Crippen LogP contribution is -2.29. The SMILES string of the molecule is CC(C)(S)CCS.COCC(OC)C(S)CS. The zero-order chi connectivity index (χ0) is 13.9. The molecule has 17 heavy (non-hydrogen) atoms. The number of methoxy groups -OCH3 is 2. The summed E-state index contributed by atoms with van der Waals surface area (Å²) in [5.41, 5.74) is 0. The topological polar surface area (TPSA) is 18.5 Å². The summed E-state index contributed by atoms with van der Waals surface area (Å²) in [7, 11) is 3.29. The van der Waals surface area contributed by atoms with Crippen LogP contribution in [0.1, 0.15) is 20.3 Å². The fraction of sp³-hybridized carbons (Fsp3) is 1.00. The molecular formula is C11H26O2S4. The molecule has 0 bridgehead atoms. The highest BCUT2D eigenvalue weighted by Crippen LogP contribution is 2.16. The van der Waals surface area contributed by atoms with Gasteiger partial charge in [-0.2, -0.15) is 50.5 Å². The molecular weight excluding hydrogens is 292 g/mol. The molecule has 0 saturated carbocycles. The summed E-state index contributed by atoms with van der Waals surface area (Å²) in [5.74, 6) is 1.63. The Kier molecular flexibility index (Phi) is 15.0. The largest absolute Gasteiger partial charge is 0.382 e. The Labute approximate surface area is 128 Å². The van der Waals surface area contributed by atoms with Crippen LogP contribution >= 0.6 is 50.5 Å². The van der Waals surface area contributed by atoms with E-state index in [1.807, 2.05) is 0 Å². The first-order chi connectivity index (χ1) is 7.82. The average Bonchev–Trinajstić information content (AvgIpc) is 2.24. The van der Waals surface area contributed by atoms with E-state index in [0.717, 1.165) is 12.2 Å². The monoisotopic (exact) mass is 318 g/mol. The molecule has 0 aromatic rings. The minimum absolute atomic E-state index is 0.0471. The molecule has 0 N–H and O–H groups in total. The van der Waals surface area contributed by atoms with Crippen molar-refractivity contribution in [1.29, 1.82) is 0 Å². The minimum atomic E-state index is 0.0471. The van der Waals surface area contributed by atoms with Gasteiger partial charge in [-0.15, -0.1) is 0 Å². The van der Waals surface area contributed by atoms with Crippen molar-refractivity contribution < 1.29 is 9.47 Å². The molecule has 0 heterocycles. The summed E-state index contributed by atoms with van der Waals surface area (Å²) >= 11 is 16.7. The summed E-state index contributed by atoms with van der Waals surface area (Å²) in [4.78, 5) is 0. The van der Waals surface area contributed by atoms with Gasteiger partial charge in [0.15, 0.2) is 0 Å². The van der Waals surface area contributed by atoms with Crippen LogP contribution < -0.4 is 0 Å². The summed E-state index contributed by atoms with van der Waals surface area (Å²) in [6.07, 6.45) is 1.12. The quantitative estimate of drug-likeness (QED) is 0.541. The third kappa shape index (κ3) is 15.3. The normalized spacial score (nSPS) is 14.8. The third-order valence-corrected chi connectivity index (χ3v) is 3.62. The number of hydrogen-bond acceptors (Lipinski definition) is 6. The van der Waals surface area contributed by atoms with Crippen LogP contribution in [0.25, 0.3) is 0 Å². The Bertz CT molecular complexity index is 162. The van der Waals surface area contributed by atoms with Crippen molar-refractivity contribution in [2.45, 2.75) is 36.4 Å². The van der Waals surface area contributed by atoms with E-state index in [-0.39, 0.29) is 16.1 Å². The number of hydrogen-bond donors (Lipinski definition) is 4. The fourth-order valence-electron chi connectivity index (χ4n) is 0.892. The third-order valence-electron chi connectivity index (χ3n) is 1.97. The zero-order valence-corrected chi connectivity index (χ0v) is 14.7. The van der Waals surface area contributed by atoms with Crippen molar-refractivity contribution in [3.63, 3.8) is 0 Å². The number of ether oxygens (including phenoxy) is 2. The van der Waals surface area contributed by atoms with Crippen molar-refractivity contribution in [1.82, 2.24) is 0 Å². The van der Waals surface area contributed by atoms with Crippen molar-refractivity contribution in [2.24, 2.45) is 0 Å². The van der Waals surface area contributed by atoms with E-state index in [2.05, 4.69) is 64.4 Å². The maximum absolute atomic E-state index is 5.09. The second-order valence-corrected chi connectivity index (χ2v) is 6.95. The molecule has 0 spiro atoms. The summed E-state index contributed by atoms with van der Waals surface area (Å²) in [5, 5.41) is 0.147. The summed E-state index contributed by atoms with van der Waals surface area (Å²) in [6.45, 7) is 4.75. The Morgan fingerprint density at radius 2 is 1.71 bits per heavy atom. The molecule has 0 amide bonds. The van der Waals surface area contributed by atoms with Crippen molar-refractivity contribution in [3.05, 3.63) is 0 Å². The standard InChI is InChI=1S/C6H14O2S2.C5H12S2/c1-7-3-5(8-2)6(10)4-9;1-5(2,7)3-4-6/h5-6,9-10H,3-4H2,1-2H3;6-7H,3-4H2,1-2H3. The van der Waals surface area contributed by atoms with Gasteiger partial charge in [0.25, 0.3) is 0 Å². The minimum Gasteiger partial charge on any atom is -0.382 e. The zero-order valence-electron chi connectivity index (χ0n) is 11.1. The van der Waals surface area contributed by atoms with Crippen LogP contribution in [0.15, 0.2) is 0 Å². The Hall–Kier alpha value is 1.32. The molecule has 2 unspecified atom stereocenters. The molecule has 0 saturated heterocycles. The maximum atomic E-state index is 5.09. The van der Waals surface area contributed by atoms with Gasteiger partial charge >= 0.3 is 0 Å². The molecule has 2 atom stereocenters. The average molecular weight is 319 g/mol. The lowest BCUT2D eigenvalue weighted by Gasteiger charge is -2.18. The molecule has 0 aromatic heterocycles. The highest BCUT2D eigenvalue weighted by atomic mass is 32.1. The molecule has 0 radical (unpaired) electrons. The van der Waals surface area contributed by atoms with Crippen LogP contribution in [0.5, 0.6) is 0 Å². The highest BCUT2D eigenvalue weighted by Gasteiger charge is 2.15. The molecule has 0 aromatic carbocycles. The van der Waals surface area contributed by atoms with Gasteiger partial charge in [-0.1, -0.05) is 13.8 Å². The molecule has 0 fully saturated rings. The van der Waals surface area contributed by atoms with Crippen LogP contribution in [0.3, 0.4) is 0 Å². The predicted molar refractivity (Wildman–Crippen MR) is 90.8 cm³/mol. The highest BCUT2D eigenvalue weighted by molar-refractivity contribution is 7.84. The second-order valence-electron chi connectivity index (χ2n) is 4.27. The van der Waals surface area contributed by atoms with Gasteiger partial charge in [0, 0.05) is 30.0 Å². The molecule has 0 aliphatic carbocycles. The van der Waals surface area contributed by atoms with Crippen molar-refractivity contribution in [3.8, 4) is 0 Å². The Morgan fingerprint density at radius 3 is 1.88 bits per heavy atom. The van der Waals surface area contributed by atoms with Gasteiger partial charge in [-0.3, -0.25) is 0 Å². The Balaban J connectivity index is 0. The lowest BCUT2D eigenvalue weighted by molar-refractivity contribution is 0.0309. The fourth-order valence-corrected chi connectivity index (χ4v) is 2.18. The summed E-state index contributed by atoms with van der Waals surface area (Å²) < 4.78 is 10.2. The van der Waals surface area contributed by atoms with E-state index in [9.17, 15) is 0 Å². The first-order valence-electron chi connectivity index (χ1n) is 5.46. The molecule has 0 rings (SSSR count). The number of thiol groups is 4. The first kappa shape index (κ1) is 20.6. The smallest absolute Gasteiger partial charge is 0.0928 e. The predicted octanol–water partition coefficient (Wildman–Crippen LogP) is 2.89. The number of rotatable bonds is 7. The van der Waals surface area contributed by atoms with E-state index in [1.54, 1.807) is 14.2 Å². The second kappa shape index (κ2) is 12.4. The molecule has 106 valence electrons. The van der Waals surface area contributed by atoms with Gasteiger partial charge in [0.2, 0.25) is 0 Å². The van der Waals surface area contributed by atoms with Crippen molar-refractivity contribution >= 4 is 50.5 Å². The van der Waals surface area contributed by atoms with E-state index in [1.165, 1.54) is 0 Å². The molecule has 6 heteroatoms. The van der Waals surface area contributed by atoms with Crippen LogP contribution in [0.2, 0.25) is 0 Å². The van der Waals surface area contributed by atoms with E-state index in [4.69, 9.17) is 9.47 Å². The Morgan fingerprint density at radius 1 is 1.18 bits per heavy atom. The van der Waals surface area contributed by atoms with Gasteiger partial charge in [-0.25, -0.2) is 0 Å². The van der Waals surface area contributed by atoms with Gasteiger partial charge in [0.05, 0.1) is 12.7 Å².